The normalized spacial score (nSPS) is 22.4. The lowest BCUT2D eigenvalue weighted by molar-refractivity contribution is -0.125. The minimum absolute atomic E-state index is 0.00642. The Morgan fingerprint density at radius 3 is 2.76 bits per heavy atom. The summed E-state index contributed by atoms with van der Waals surface area (Å²) in [7, 11) is 0. The van der Waals surface area contributed by atoms with Crippen LogP contribution in [0, 0.1) is 0 Å². The van der Waals surface area contributed by atoms with Crippen LogP contribution >= 0.6 is 0 Å². The summed E-state index contributed by atoms with van der Waals surface area (Å²) in [6.45, 7) is 5.86. The number of benzene rings is 1. The number of fused-ring (bicyclic) bond motifs is 1. The molecule has 0 fully saturated rings. The van der Waals surface area contributed by atoms with E-state index in [4.69, 9.17) is 4.74 Å². The van der Waals surface area contributed by atoms with Crippen LogP contribution in [0.4, 0.5) is 4.79 Å². The molecule has 0 spiro atoms. The first-order chi connectivity index (χ1) is 11.8. The maximum absolute atomic E-state index is 12.8. The molecule has 3 rings (SSSR count). The van der Waals surface area contributed by atoms with E-state index in [0.29, 0.717) is 6.54 Å². The van der Waals surface area contributed by atoms with Crippen molar-refractivity contribution in [2.24, 2.45) is 0 Å². The third kappa shape index (κ3) is 4.03. The minimum atomic E-state index is -0.607. The molecule has 134 valence electrons. The van der Waals surface area contributed by atoms with Crippen LogP contribution in [-0.2, 0) is 16.0 Å². The van der Waals surface area contributed by atoms with Crippen molar-refractivity contribution in [3.05, 3.63) is 47.5 Å². The van der Waals surface area contributed by atoms with Crippen molar-refractivity contribution < 1.29 is 14.3 Å². The third-order valence-electron chi connectivity index (χ3n) is 4.54. The lowest BCUT2D eigenvalue weighted by Crippen LogP contribution is -2.48. The van der Waals surface area contributed by atoms with Gasteiger partial charge in [-0.25, -0.2) is 4.79 Å². The SMILES string of the molecule is CC(C)(C)OC(=O)N1CC=CC1C(=O)NC1CCCc2ccccc21. The molecular formula is C20H26N2O3. The number of aryl methyl sites for hydroxylation is 1. The second-order valence-corrected chi connectivity index (χ2v) is 7.66. The van der Waals surface area contributed by atoms with Gasteiger partial charge >= 0.3 is 6.09 Å². The van der Waals surface area contributed by atoms with Gasteiger partial charge in [-0.3, -0.25) is 9.69 Å². The van der Waals surface area contributed by atoms with Gasteiger partial charge < -0.3 is 10.1 Å². The summed E-state index contributed by atoms with van der Waals surface area (Å²) >= 11 is 0. The molecule has 0 aromatic heterocycles. The van der Waals surface area contributed by atoms with Gasteiger partial charge in [0.25, 0.3) is 0 Å². The van der Waals surface area contributed by atoms with Crippen molar-refractivity contribution >= 4 is 12.0 Å². The summed E-state index contributed by atoms with van der Waals surface area (Å²) in [4.78, 5) is 26.6. The predicted octanol–water partition coefficient (Wildman–Crippen LogP) is 3.36. The molecule has 0 saturated heterocycles. The third-order valence-corrected chi connectivity index (χ3v) is 4.54. The van der Waals surface area contributed by atoms with Crippen molar-refractivity contribution in [2.45, 2.75) is 57.7 Å². The van der Waals surface area contributed by atoms with Gasteiger partial charge in [-0.15, -0.1) is 0 Å². The van der Waals surface area contributed by atoms with Crippen LogP contribution in [0.3, 0.4) is 0 Å². The lowest BCUT2D eigenvalue weighted by Gasteiger charge is -2.31. The number of carbonyl (C=O) groups is 2. The summed E-state index contributed by atoms with van der Waals surface area (Å²) in [5.41, 5.74) is 1.90. The average molecular weight is 342 g/mol. The highest BCUT2D eigenvalue weighted by Crippen LogP contribution is 2.30. The standard InChI is InChI=1S/C20H26N2O3/c1-20(2,3)25-19(24)22-13-7-12-17(22)18(23)21-16-11-6-9-14-8-4-5-10-15(14)16/h4-5,7-8,10,12,16-17H,6,9,11,13H2,1-3H3,(H,21,23). The summed E-state index contributed by atoms with van der Waals surface area (Å²) in [6.07, 6.45) is 6.18. The van der Waals surface area contributed by atoms with E-state index in [1.807, 2.05) is 39.0 Å². The number of carbonyl (C=O) groups excluding carboxylic acids is 2. The summed E-state index contributed by atoms with van der Waals surface area (Å²) in [6, 6.07) is 7.64. The number of amides is 2. The zero-order valence-corrected chi connectivity index (χ0v) is 15.1. The molecule has 2 amide bonds. The molecule has 0 bridgehead atoms. The van der Waals surface area contributed by atoms with Gasteiger partial charge in [-0.2, -0.15) is 0 Å². The molecule has 2 aliphatic rings. The van der Waals surface area contributed by atoms with Gasteiger partial charge in [0.15, 0.2) is 0 Å². The van der Waals surface area contributed by atoms with Crippen LogP contribution in [0.2, 0.25) is 0 Å². The van der Waals surface area contributed by atoms with Crippen molar-refractivity contribution in [1.29, 1.82) is 0 Å². The van der Waals surface area contributed by atoms with Crippen molar-refractivity contribution in [3.63, 3.8) is 0 Å². The van der Waals surface area contributed by atoms with Gasteiger partial charge in [0.1, 0.15) is 11.6 Å². The van der Waals surface area contributed by atoms with Gasteiger partial charge in [0.05, 0.1) is 6.04 Å². The highest BCUT2D eigenvalue weighted by Gasteiger charge is 2.35. The van der Waals surface area contributed by atoms with Crippen LogP contribution in [0.5, 0.6) is 0 Å². The Labute approximate surface area is 149 Å². The first-order valence-electron chi connectivity index (χ1n) is 8.89. The molecule has 1 aliphatic carbocycles. The van der Waals surface area contributed by atoms with Gasteiger partial charge in [0, 0.05) is 6.54 Å². The molecule has 0 saturated carbocycles. The molecular weight excluding hydrogens is 316 g/mol. The van der Waals surface area contributed by atoms with E-state index in [2.05, 4.69) is 17.4 Å². The molecule has 1 aliphatic heterocycles. The topological polar surface area (TPSA) is 58.6 Å². The van der Waals surface area contributed by atoms with Gasteiger partial charge in [-0.1, -0.05) is 36.4 Å². The number of nitrogens with zero attached hydrogens (tertiary/aromatic N) is 1. The fourth-order valence-electron chi connectivity index (χ4n) is 3.42. The molecule has 5 heteroatoms. The van der Waals surface area contributed by atoms with Gasteiger partial charge in [0.2, 0.25) is 5.91 Å². The predicted molar refractivity (Wildman–Crippen MR) is 96.1 cm³/mol. The highest BCUT2D eigenvalue weighted by molar-refractivity contribution is 5.88. The second-order valence-electron chi connectivity index (χ2n) is 7.66. The maximum atomic E-state index is 12.8. The van der Waals surface area contributed by atoms with Crippen LogP contribution in [0.15, 0.2) is 36.4 Å². The Kier molecular flexibility index (Phi) is 4.84. The average Bonchev–Trinajstić information content (AvgIpc) is 3.03. The fraction of sp³-hybridized carbons (Fsp3) is 0.500. The lowest BCUT2D eigenvalue weighted by atomic mass is 9.87. The van der Waals surface area contributed by atoms with Crippen molar-refractivity contribution in [3.8, 4) is 0 Å². The molecule has 1 aromatic rings. The summed E-state index contributed by atoms with van der Waals surface area (Å²) in [5, 5.41) is 3.13. The quantitative estimate of drug-likeness (QED) is 0.839. The zero-order chi connectivity index (χ0) is 18.0. The van der Waals surface area contributed by atoms with E-state index in [9.17, 15) is 9.59 Å². The Balaban J connectivity index is 1.69. The first-order valence-corrected chi connectivity index (χ1v) is 8.89. The zero-order valence-electron chi connectivity index (χ0n) is 15.1. The maximum Gasteiger partial charge on any atom is 0.411 e. The summed E-state index contributed by atoms with van der Waals surface area (Å²) in [5.74, 6) is -0.152. The van der Waals surface area contributed by atoms with E-state index in [1.165, 1.54) is 16.0 Å². The van der Waals surface area contributed by atoms with E-state index in [-0.39, 0.29) is 11.9 Å². The van der Waals surface area contributed by atoms with E-state index >= 15 is 0 Å². The van der Waals surface area contributed by atoms with Crippen LogP contribution in [0.1, 0.15) is 50.8 Å². The Morgan fingerprint density at radius 2 is 2.00 bits per heavy atom. The monoisotopic (exact) mass is 342 g/mol. The number of hydrogen-bond acceptors (Lipinski definition) is 3. The van der Waals surface area contributed by atoms with E-state index < -0.39 is 17.7 Å². The first kappa shape index (κ1) is 17.5. The summed E-state index contributed by atoms with van der Waals surface area (Å²) < 4.78 is 5.42. The Morgan fingerprint density at radius 1 is 1.24 bits per heavy atom. The molecule has 1 heterocycles. The molecule has 0 radical (unpaired) electrons. The molecule has 2 atom stereocenters. The second kappa shape index (κ2) is 6.90. The molecule has 5 nitrogen and oxygen atoms in total. The number of rotatable bonds is 2. The van der Waals surface area contributed by atoms with Crippen LogP contribution in [0.25, 0.3) is 0 Å². The molecule has 2 unspecified atom stereocenters. The molecule has 1 aromatic carbocycles. The fourth-order valence-corrected chi connectivity index (χ4v) is 3.42. The van der Waals surface area contributed by atoms with E-state index in [0.717, 1.165) is 19.3 Å². The molecule has 25 heavy (non-hydrogen) atoms. The van der Waals surface area contributed by atoms with Crippen molar-refractivity contribution in [1.82, 2.24) is 10.2 Å². The number of hydrogen-bond donors (Lipinski definition) is 1. The Hall–Kier alpha value is -2.30. The van der Waals surface area contributed by atoms with E-state index in [1.54, 1.807) is 6.08 Å². The van der Waals surface area contributed by atoms with Crippen molar-refractivity contribution in [2.75, 3.05) is 6.54 Å². The number of nitrogens with one attached hydrogen (secondary N) is 1. The Bertz CT molecular complexity index is 690. The van der Waals surface area contributed by atoms with Gasteiger partial charge in [-0.05, 0) is 51.2 Å². The smallest absolute Gasteiger partial charge is 0.411 e. The largest absolute Gasteiger partial charge is 0.444 e. The number of ether oxygens (including phenoxy) is 1. The molecule has 1 N–H and O–H groups in total. The minimum Gasteiger partial charge on any atom is -0.444 e. The van der Waals surface area contributed by atoms with Crippen LogP contribution in [-0.4, -0.2) is 35.1 Å². The van der Waals surface area contributed by atoms with Crippen LogP contribution < -0.4 is 5.32 Å². The highest BCUT2D eigenvalue weighted by atomic mass is 16.6.